The third-order valence-corrected chi connectivity index (χ3v) is 3.59. The van der Waals surface area contributed by atoms with Gasteiger partial charge in [-0.25, -0.2) is 0 Å². The van der Waals surface area contributed by atoms with Crippen LogP contribution in [-0.4, -0.2) is 0 Å². The molecule has 0 radical (unpaired) electrons. The zero-order chi connectivity index (χ0) is 15.5. The lowest BCUT2D eigenvalue weighted by molar-refractivity contribution is 0.485. The van der Waals surface area contributed by atoms with Crippen LogP contribution in [0.3, 0.4) is 0 Å². The van der Waals surface area contributed by atoms with Crippen LogP contribution < -0.4 is 10.5 Å². The van der Waals surface area contributed by atoms with Crippen LogP contribution in [0.2, 0.25) is 5.02 Å². The Morgan fingerprint density at radius 3 is 2.50 bits per heavy atom. The van der Waals surface area contributed by atoms with Gasteiger partial charge in [0.25, 0.3) is 0 Å². The van der Waals surface area contributed by atoms with Crippen molar-refractivity contribution in [1.29, 1.82) is 0 Å². The van der Waals surface area contributed by atoms with Crippen molar-refractivity contribution in [2.75, 3.05) is 5.73 Å². The number of nitrogens with two attached hydrogens (primary N) is 1. The summed E-state index contributed by atoms with van der Waals surface area (Å²) in [7, 11) is 0. The first kappa shape index (κ1) is 14.5. The van der Waals surface area contributed by atoms with Crippen molar-refractivity contribution in [1.82, 2.24) is 0 Å². The SMILES string of the molecule is Cc1cccc(-c2ccc(N)cc2Oc2cccc(Cl)c2)c1. The van der Waals surface area contributed by atoms with Gasteiger partial charge in [-0.1, -0.05) is 47.5 Å². The van der Waals surface area contributed by atoms with Crippen LogP contribution in [-0.2, 0) is 0 Å². The van der Waals surface area contributed by atoms with Crippen LogP contribution in [0.15, 0.2) is 66.7 Å². The maximum absolute atomic E-state index is 6.02. The molecule has 0 spiro atoms. The van der Waals surface area contributed by atoms with E-state index in [-0.39, 0.29) is 0 Å². The topological polar surface area (TPSA) is 35.2 Å². The Bertz CT molecular complexity index is 814. The molecule has 0 aliphatic rings. The lowest BCUT2D eigenvalue weighted by atomic mass is 10.0. The fraction of sp³-hybridized carbons (Fsp3) is 0.0526. The van der Waals surface area contributed by atoms with Crippen molar-refractivity contribution in [2.45, 2.75) is 6.92 Å². The van der Waals surface area contributed by atoms with E-state index in [1.807, 2.05) is 42.5 Å². The third-order valence-electron chi connectivity index (χ3n) is 3.36. The molecule has 0 aromatic heterocycles. The molecule has 3 aromatic rings. The van der Waals surface area contributed by atoms with Gasteiger partial charge in [-0.3, -0.25) is 0 Å². The molecule has 3 heteroatoms. The van der Waals surface area contributed by atoms with Gasteiger partial charge in [0.15, 0.2) is 0 Å². The van der Waals surface area contributed by atoms with E-state index in [1.54, 1.807) is 6.07 Å². The van der Waals surface area contributed by atoms with E-state index < -0.39 is 0 Å². The minimum Gasteiger partial charge on any atom is -0.457 e. The molecule has 0 aliphatic carbocycles. The van der Waals surface area contributed by atoms with E-state index in [4.69, 9.17) is 22.1 Å². The summed E-state index contributed by atoms with van der Waals surface area (Å²) in [5.74, 6) is 1.40. The molecule has 0 aliphatic heterocycles. The lowest BCUT2D eigenvalue weighted by Crippen LogP contribution is -1.92. The van der Waals surface area contributed by atoms with Crippen molar-refractivity contribution in [3.63, 3.8) is 0 Å². The van der Waals surface area contributed by atoms with Crippen LogP contribution in [0.25, 0.3) is 11.1 Å². The first-order valence-corrected chi connectivity index (χ1v) is 7.39. The van der Waals surface area contributed by atoms with Crippen LogP contribution in [0.4, 0.5) is 5.69 Å². The standard InChI is InChI=1S/C19H16ClNO/c1-13-4-2-5-14(10-13)18-9-8-16(21)12-19(18)22-17-7-3-6-15(20)11-17/h2-12H,21H2,1H3. The Hall–Kier alpha value is -2.45. The van der Waals surface area contributed by atoms with Crippen LogP contribution in [0.5, 0.6) is 11.5 Å². The molecule has 2 N–H and O–H groups in total. The zero-order valence-corrected chi connectivity index (χ0v) is 13.0. The fourth-order valence-corrected chi connectivity index (χ4v) is 2.51. The summed E-state index contributed by atoms with van der Waals surface area (Å²) in [6.07, 6.45) is 0. The Morgan fingerprint density at radius 1 is 0.909 bits per heavy atom. The molecule has 0 heterocycles. The highest BCUT2D eigenvalue weighted by molar-refractivity contribution is 6.30. The largest absolute Gasteiger partial charge is 0.457 e. The summed E-state index contributed by atoms with van der Waals surface area (Å²) in [6.45, 7) is 2.07. The number of halogens is 1. The van der Waals surface area contributed by atoms with E-state index in [2.05, 4.69) is 25.1 Å². The highest BCUT2D eigenvalue weighted by Gasteiger charge is 2.09. The van der Waals surface area contributed by atoms with Crippen LogP contribution in [0, 0.1) is 6.92 Å². The van der Waals surface area contributed by atoms with Gasteiger partial charge < -0.3 is 10.5 Å². The van der Waals surface area contributed by atoms with Crippen LogP contribution in [0.1, 0.15) is 5.56 Å². The molecule has 0 amide bonds. The van der Waals surface area contributed by atoms with Crippen molar-refractivity contribution in [3.05, 3.63) is 77.3 Å². The summed E-state index contributed by atoms with van der Waals surface area (Å²) in [4.78, 5) is 0. The third kappa shape index (κ3) is 3.23. The van der Waals surface area contributed by atoms with Gasteiger partial charge >= 0.3 is 0 Å². The summed E-state index contributed by atoms with van der Waals surface area (Å²) in [6, 6.07) is 21.3. The normalized spacial score (nSPS) is 10.5. The number of anilines is 1. The molecule has 3 aromatic carbocycles. The molecule has 110 valence electrons. The molecule has 0 atom stereocenters. The number of nitrogen functional groups attached to an aromatic ring is 1. The first-order valence-electron chi connectivity index (χ1n) is 7.02. The Morgan fingerprint density at radius 2 is 1.73 bits per heavy atom. The predicted molar refractivity (Wildman–Crippen MR) is 92.6 cm³/mol. The Balaban J connectivity index is 2.05. The quantitative estimate of drug-likeness (QED) is 0.631. The average molecular weight is 310 g/mol. The van der Waals surface area contributed by atoms with Gasteiger partial charge in [-0.05, 0) is 42.8 Å². The second-order valence-electron chi connectivity index (χ2n) is 5.18. The number of aryl methyl sites for hydroxylation is 1. The van der Waals surface area contributed by atoms with E-state index in [9.17, 15) is 0 Å². The van der Waals surface area contributed by atoms with Gasteiger partial charge in [0.1, 0.15) is 11.5 Å². The van der Waals surface area contributed by atoms with Gasteiger partial charge in [0.2, 0.25) is 0 Å². The smallest absolute Gasteiger partial charge is 0.137 e. The predicted octanol–water partition coefficient (Wildman–Crippen LogP) is 5.69. The fourth-order valence-electron chi connectivity index (χ4n) is 2.33. The van der Waals surface area contributed by atoms with Gasteiger partial charge in [0, 0.05) is 22.3 Å². The van der Waals surface area contributed by atoms with E-state index in [0.29, 0.717) is 22.2 Å². The number of hydrogen-bond donors (Lipinski definition) is 1. The lowest BCUT2D eigenvalue weighted by Gasteiger charge is -2.13. The molecule has 3 rings (SSSR count). The molecule has 0 unspecified atom stereocenters. The molecule has 0 bridgehead atoms. The van der Waals surface area contributed by atoms with E-state index >= 15 is 0 Å². The number of benzene rings is 3. The van der Waals surface area contributed by atoms with Crippen molar-refractivity contribution < 1.29 is 4.74 Å². The second kappa shape index (κ2) is 6.12. The number of rotatable bonds is 3. The molecule has 0 fully saturated rings. The highest BCUT2D eigenvalue weighted by Crippen LogP contribution is 2.35. The number of hydrogen-bond acceptors (Lipinski definition) is 2. The summed E-state index contributed by atoms with van der Waals surface area (Å²) >= 11 is 6.02. The maximum Gasteiger partial charge on any atom is 0.137 e. The maximum atomic E-state index is 6.02. The Labute approximate surface area is 135 Å². The van der Waals surface area contributed by atoms with Crippen LogP contribution >= 0.6 is 11.6 Å². The first-order chi connectivity index (χ1) is 10.6. The van der Waals surface area contributed by atoms with Crippen molar-refractivity contribution >= 4 is 17.3 Å². The second-order valence-corrected chi connectivity index (χ2v) is 5.62. The summed E-state index contributed by atoms with van der Waals surface area (Å²) < 4.78 is 6.00. The molecule has 0 saturated carbocycles. The molecule has 22 heavy (non-hydrogen) atoms. The summed E-state index contributed by atoms with van der Waals surface area (Å²) in [5, 5.41) is 0.638. The molecular formula is C19H16ClNO. The summed E-state index contributed by atoms with van der Waals surface area (Å²) in [5.41, 5.74) is 9.86. The molecular weight excluding hydrogens is 294 g/mol. The monoisotopic (exact) mass is 309 g/mol. The van der Waals surface area contributed by atoms with Crippen molar-refractivity contribution in [3.8, 4) is 22.6 Å². The molecule has 0 saturated heterocycles. The average Bonchev–Trinajstić information content (AvgIpc) is 2.47. The van der Waals surface area contributed by atoms with Gasteiger partial charge in [-0.15, -0.1) is 0 Å². The van der Waals surface area contributed by atoms with Gasteiger partial charge in [-0.2, -0.15) is 0 Å². The molecule has 2 nitrogen and oxygen atoms in total. The van der Waals surface area contributed by atoms with E-state index in [1.165, 1.54) is 5.56 Å². The van der Waals surface area contributed by atoms with E-state index in [0.717, 1.165) is 11.1 Å². The zero-order valence-electron chi connectivity index (χ0n) is 12.2. The van der Waals surface area contributed by atoms with Crippen molar-refractivity contribution in [2.24, 2.45) is 0 Å². The minimum atomic E-state index is 0.638. The Kier molecular flexibility index (Phi) is 4.03. The number of ether oxygens (including phenoxy) is 1. The highest BCUT2D eigenvalue weighted by atomic mass is 35.5. The van der Waals surface area contributed by atoms with Gasteiger partial charge in [0.05, 0.1) is 0 Å². The minimum absolute atomic E-state index is 0.638.